The summed E-state index contributed by atoms with van der Waals surface area (Å²) in [5, 5.41) is 0. The Bertz CT molecular complexity index is 713. The van der Waals surface area contributed by atoms with Gasteiger partial charge < -0.3 is 23.7 Å². The van der Waals surface area contributed by atoms with Crippen LogP contribution in [0.15, 0.2) is 30.3 Å². The molecule has 0 N–H and O–H groups in total. The molecule has 0 fully saturated rings. The van der Waals surface area contributed by atoms with Crippen molar-refractivity contribution in [2.45, 2.75) is 39.5 Å². The van der Waals surface area contributed by atoms with Crippen LogP contribution in [0.1, 0.15) is 50.7 Å². The highest BCUT2D eigenvalue weighted by atomic mass is 16.5. The third-order valence-electron chi connectivity index (χ3n) is 4.42. The second-order valence-electron chi connectivity index (χ2n) is 6.88. The van der Waals surface area contributed by atoms with Gasteiger partial charge in [0.05, 0.1) is 35.5 Å². The summed E-state index contributed by atoms with van der Waals surface area (Å²) in [5.41, 5.74) is 2.38. The standard InChI is InChI=1S/C12H18O3.C11H16O2/c1-8(2)9-6-10(13-3)12(15-5)11(7-9)14-4;1-8(2)10-6-5-9(12-3)7-11(10)13-4/h6-8H,1-5H3;5-8H,1-4H3. The smallest absolute Gasteiger partial charge is 0.203 e. The van der Waals surface area contributed by atoms with Crippen LogP contribution in [-0.4, -0.2) is 35.5 Å². The molecule has 0 bridgehead atoms. The fourth-order valence-electron chi connectivity index (χ4n) is 2.73. The molecule has 2 aromatic rings. The number of methoxy groups -OCH3 is 5. The van der Waals surface area contributed by atoms with E-state index in [0.717, 1.165) is 11.5 Å². The van der Waals surface area contributed by atoms with Gasteiger partial charge in [-0.3, -0.25) is 0 Å². The van der Waals surface area contributed by atoms with Gasteiger partial charge in [-0.05, 0) is 41.2 Å². The zero-order valence-electron chi connectivity index (χ0n) is 18.6. The maximum atomic E-state index is 5.27. The van der Waals surface area contributed by atoms with Crippen molar-refractivity contribution >= 4 is 0 Å². The SMILES string of the molecule is COc1cc(C(C)C)cc(OC)c1OC.COc1ccc(C(C)C)c(OC)c1. The molecule has 28 heavy (non-hydrogen) atoms. The molecular formula is C23H34O5. The van der Waals surface area contributed by atoms with Crippen LogP contribution in [0, 0.1) is 0 Å². The van der Waals surface area contributed by atoms with Gasteiger partial charge in [-0.15, -0.1) is 0 Å². The number of hydrogen-bond acceptors (Lipinski definition) is 5. The molecule has 2 aromatic carbocycles. The van der Waals surface area contributed by atoms with Crippen LogP contribution < -0.4 is 23.7 Å². The van der Waals surface area contributed by atoms with Gasteiger partial charge in [0, 0.05) is 6.07 Å². The highest BCUT2D eigenvalue weighted by Gasteiger charge is 2.14. The fourth-order valence-corrected chi connectivity index (χ4v) is 2.73. The van der Waals surface area contributed by atoms with Crippen LogP contribution in [0.4, 0.5) is 0 Å². The van der Waals surface area contributed by atoms with Crippen molar-refractivity contribution < 1.29 is 23.7 Å². The minimum absolute atomic E-state index is 0.429. The molecule has 0 aliphatic heterocycles. The minimum atomic E-state index is 0.429. The molecule has 0 aliphatic rings. The Balaban J connectivity index is 0.000000283. The van der Waals surface area contributed by atoms with Crippen molar-refractivity contribution in [3.05, 3.63) is 41.5 Å². The lowest BCUT2D eigenvalue weighted by Gasteiger charge is -2.15. The molecule has 0 amide bonds. The van der Waals surface area contributed by atoms with E-state index < -0.39 is 0 Å². The van der Waals surface area contributed by atoms with Crippen molar-refractivity contribution in [1.82, 2.24) is 0 Å². The Kier molecular flexibility index (Phi) is 9.49. The van der Waals surface area contributed by atoms with Crippen LogP contribution >= 0.6 is 0 Å². The van der Waals surface area contributed by atoms with Crippen molar-refractivity contribution in [2.24, 2.45) is 0 Å². The van der Waals surface area contributed by atoms with Gasteiger partial charge in [0.25, 0.3) is 0 Å². The highest BCUT2D eigenvalue weighted by molar-refractivity contribution is 5.54. The number of rotatable bonds is 7. The second-order valence-corrected chi connectivity index (χ2v) is 6.88. The summed E-state index contributed by atoms with van der Waals surface area (Å²) in [7, 11) is 8.20. The summed E-state index contributed by atoms with van der Waals surface area (Å²) in [5.74, 6) is 4.70. The Morgan fingerprint density at radius 3 is 1.46 bits per heavy atom. The summed E-state index contributed by atoms with van der Waals surface area (Å²) in [6, 6.07) is 9.87. The first-order chi connectivity index (χ1) is 13.3. The third kappa shape index (κ3) is 5.98. The van der Waals surface area contributed by atoms with E-state index in [2.05, 4.69) is 27.7 Å². The zero-order valence-corrected chi connectivity index (χ0v) is 18.6. The average molecular weight is 391 g/mol. The largest absolute Gasteiger partial charge is 0.497 e. The molecule has 0 atom stereocenters. The average Bonchev–Trinajstić information content (AvgIpc) is 2.72. The normalized spacial score (nSPS) is 10.2. The quantitative estimate of drug-likeness (QED) is 0.610. The van der Waals surface area contributed by atoms with Crippen LogP contribution in [0.2, 0.25) is 0 Å². The van der Waals surface area contributed by atoms with Crippen molar-refractivity contribution in [1.29, 1.82) is 0 Å². The maximum absolute atomic E-state index is 5.27. The Morgan fingerprint density at radius 2 is 1.11 bits per heavy atom. The van der Waals surface area contributed by atoms with Crippen LogP contribution in [0.5, 0.6) is 28.7 Å². The third-order valence-corrected chi connectivity index (χ3v) is 4.42. The van der Waals surface area contributed by atoms with Gasteiger partial charge in [0.15, 0.2) is 11.5 Å². The van der Waals surface area contributed by atoms with E-state index in [4.69, 9.17) is 23.7 Å². The lowest BCUT2D eigenvalue weighted by Crippen LogP contribution is -1.97. The molecule has 2 rings (SSSR count). The van der Waals surface area contributed by atoms with Crippen molar-refractivity contribution in [3.8, 4) is 28.7 Å². The lowest BCUT2D eigenvalue weighted by atomic mass is 10.0. The van der Waals surface area contributed by atoms with Gasteiger partial charge >= 0.3 is 0 Å². The molecule has 0 spiro atoms. The molecule has 0 aliphatic carbocycles. The topological polar surface area (TPSA) is 46.2 Å². The number of hydrogen-bond donors (Lipinski definition) is 0. The molecule has 0 aromatic heterocycles. The van der Waals surface area contributed by atoms with E-state index in [1.165, 1.54) is 11.1 Å². The van der Waals surface area contributed by atoms with Gasteiger partial charge in [0.1, 0.15) is 11.5 Å². The minimum Gasteiger partial charge on any atom is -0.497 e. The van der Waals surface area contributed by atoms with Crippen LogP contribution in [-0.2, 0) is 0 Å². The fraction of sp³-hybridized carbons (Fsp3) is 0.478. The van der Waals surface area contributed by atoms with Gasteiger partial charge in [-0.25, -0.2) is 0 Å². The molecule has 5 nitrogen and oxygen atoms in total. The molecule has 5 heteroatoms. The first kappa shape index (κ1) is 23.5. The molecule has 0 heterocycles. The zero-order chi connectivity index (χ0) is 21.3. The number of benzene rings is 2. The lowest BCUT2D eigenvalue weighted by molar-refractivity contribution is 0.323. The van der Waals surface area contributed by atoms with Crippen LogP contribution in [0.3, 0.4) is 0 Å². The molecule has 0 saturated heterocycles. The van der Waals surface area contributed by atoms with E-state index in [-0.39, 0.29) is 0 Å². The van der Waals surface area contributed by atoms with E-state index in [0.29, 0.717) is 29.1 Å². The summed E-state index contributed by atoms with van der Waals surface area (Å²) in [4.78, 5) is 0. The summed E-state index contributed by atoms with van der Waals surface area (Å²) in [6.07, 6.45) is 0. The van der Waals surface area contributed by atoms with Gasteiger partial charge in [0.2, 0.25) is 5.75 Å². The molecule has 0 radical (unpaired) electrons. The summed E-state index contributed by atoms with van der Waals surface area (Å²) in [6.45, 7) is 8.54. The summed E-state index contributed by atoms with van der Waals surface area (Å²) < 4.78 is 26.2. The maximum Gasteiger partial charge on any atom is 0.203 e. The van der Waals surface area contributed by atoms with E-state index in [9.17, 15) is 0 Å². The monoisotopic (exact) mass is 390 g/mol. The predicted octanol–water partition coefficient (Wildman–Crippen LogP) is 5.66. The summed E-state index contributed by atoms with van der Waals surface area (Å²) >= 11 is 0. The first-order valence-corrected chi connectivity index (χ1v) is 9.34. The van der Waals surface area contributed by atoms with Gasteiger partial charge in [-0.1, -0.05) is 33.8 Å². The molecule has 156 valence electrons. The molecular weight excluding hydrogens is 356 g/mol. The van der Waals surface area contributed by atoms with E-state index in [1.807, 2.05) is 30.3 Å². The van der Waals surface area contributed by atoms with E-state index in [1.54, 1.807) is 35.5 Å². The Hall–Kier alpha value is -2.56. The van der Waals surface area contributed by atoms with E-state index >= 15 is 0 Å². The first-order valence-electron chi connectivity index (χ1n) is 9.34. The Labute approximate surface area is 169 Å². The van der Waals surface area contributed by atoms with Crippen molar-refractivity contribution in [3.63, 3.8) is 0 Å². The second kappa shape index (κ2) is 11.3. The predicted molar refractivity (Wildman–Crippen MR) is 114 cm³/mol. The molecule has 0 saturated carbocycles. The van der Waals surface area contributed by atoms with Crippen LogP contribution in [0.25, 0.3) is 0 Å². The molecule has 0 unspecified atom stereocenters. The highest BCUT2D eigenvalue weighted by Crippen LogP contribution is 2.39. The van der Waals surface area contributed by atoms with Gasteiger partial charge in [-0.2, -0.15) is 0 Å². The Morgan fingerprint density at radius 1 is 0.571 bits per heavy atom. The van der Waals surface area contributed by atoms with Crippen molar-refractivity contribution in [2.75, 3.05) is 35.5 Å². The number of ether oxygens (including phenoxy) is 5.